The molecule has 0 fully saturated rings. The van der Waals surface area contributed by atoms with Crippen LogP contribution in [0.2, 0.25) is 0 Å². The zero-order valence-electron chi connectivity index (χ0n) is 9.44. The first-order valence-corrected chi connectivity index (χ1v) is 4.80. The average molecular weight is 262 g/mol. The van der Waals surface area contributed by atoms with E-state index in [1.165, 1.54) is 24.7 Å². The highest BCUT2D eigenvalue weighted by Gasteiger charge is 2.42. The summed E-state index contributed by atoms with van der Waals surface area (Å²) in [6.07, 6.45) is -4.12. The average Bonchev–Trinajstić information content (AvgIpc) is 2.37. The topological polar surface area (TPSA) is 93.8 Å². The van der Waals surface area contributed by atoms with Crippen molar-refractivity contribution in [2.75, 3.05) is 7.11 Å². The molecule has 0 unspecified atom stereocenters. The first kappa shape index (κ1) is 14.1. The van der Waals surface area contributed by atoms with E-state index in [2.05, 4.69) is 10.6 Å². The van der Waals surface area contributed by atoms with Crippen LogP contribution in [-0.2, 0) is 11.4 Å². The highest BCUT2D eigenvalue weighted by Crippen LogP contribution is 2.32. The second-order valence-electron chi connectivity index (χ2n) is 3.24. The SMILES string of the molecule is COc1cc(CO)ccc1OC(F)(F)C(=O)NN. The van der Waals surface area contributed by atoms with Gasteiger partial charge in [0.25, 0.3) is 0 Å². The summed E-state index contributed by atoms with van der Waals surface area (Å²) >= 11 is 0. The van der Waals surface area contributed by atoms with Crippen LogP contribution in [0.25, 0.3) is 0 Å². The van der Waals surface area contributed by atoms with Crippen LogP contribution in [0.15, 0.2) is 18.2 Å². The van der Waals surface area contributed by atoms with E-state index in [0.29, 0.717) is 5.56 Å². The van der Waals surface area contributed by atoms with Gasteiger partial charge in [-0.25, -0.2) is 5.84 Å². The lowest BCUT2D eigenvalue weighted by atomic mass is 10.2. The van der Waals surface area contributed by atoms with E-state index >= 15 is 0 Å². The fourth-order valence-electron chi connectivity index (χ4n) is 1.16. The van der Waals surface area contributed by atoms with Crippen LogP contribution < -0.4 is 20.7 Å². The molecule has 8 heteroatoms. The van der Waals surface area contributed by atoms with Crippen molar-refractivity contribution in [3.8, 4) is 11.5 Å². The molecule has 0 aliphatic carbocycles. The van der Waals surface area contributed by atoms with E-state index in [0.717, 1.165) is 6.07 Å². The van der Waals surface area contributed by atoms with Crippen LogP contribution in [0.4, 0.5) is 8.78 Å². The van der Waals surface area contributed by atoms with Crippen molar-refractivity contribution in [3.63, 3.8) is 0 Å². The molecule has 100 valence electrons. The molecular weight excluding hydrogens is 250 g/mol. The van der Waals surface area contributed by atoms with Gasteiger partial charge < -0.3 is 14.6 Å². The van der Waals surface area contributed by atoms with Crippen LogP contribution in [0.1, 0.15) is 5.56 Å². The Morgan fingerprint density at radius 1 is 1.50 bits per heavy atom. The van der Waals surface area contributed by atoms with E-state index in [9.17, 15) is 13.6 Å². The largest absolute Gasteiger partial charge is 0.493 e. The van der Waals surface area contributed by atoms with Gasteiger partial charge in [0.1, 0.15) is 0 Å². The van der Waals surface area contributed by atoms with Gasteiger partial charge in [-0.2, -0.15) is 8.78 Å². The molecule has 1 aromatic carbocycles. The van der Waals surface area contributed by atoms with Crippen molar-refractivity contribution in [3.05, 3.63) is 23.8 Å². The first-order chi connectivity index (χ1) is 8.44. The fraction of sp³-hybridized carbons (Fsp3) is 0.300. The van der Waals surface area contributed by atoms with Gasteiger partial charge in [-0.05, 0) is 17.7 Å². The fourth-order valence-corrected chi connectivity index (χ4v) is 1.16. The van der Waals surface area contributed by atoms with Crippen molar-refractivity contribution in [1.29, 1.82) is 0 Å². The Kier molecular flexibility index (Phi) is 4.40. The zero-order valence-corrected chi connectivity index (χ0v) is 9.44. The number of carbonyl (C=O) groups excluding carboxylic acids is 1. The summed E-state index contributed by atoms with van der Waals surface area (Å²) in [6, 6.07) is 3.82. The van der Waals surface area contributed by atoms with Crippen LogP contribution in [0.5, 0.6) is 11.5 Å². The molecule has 0 heterocycles. The molecule has 1 amide bonds. The van der Waals surface area contributed by atoms with E-state index < -0.39 is 12.0 Å². The Morgan fingerprint density at radius 3 is 2.67 bits per heavy atom. The molecule has 0 saturated carbocycles. The third-order valence-electron chi connectivity index (χ3n) is 2.04. The summed E-state index contributed by atoms with van der Waals surface area (Å²) in [4.78, 5) is 10.8. The monoisotopic (exact) mass is 262 g/mol. The maximum absolute atomic E-state index is 13.2. The number of benzene rings is 1. The van der Waals surface area contributed by atoms with E-state index in [1.54, 1.807) is 0 Å². The third kappa shape index (κ3) is 3.05. The van der Waals surface area contributed by atoms with Gasteiger partial charge in [0.2, 0.25) is 0 Å². The van der Waals surface area contributed by atoms with E-state index in [-0.39, 0.29) is 18.1 Å². The second kappa shape index (κ2) is 5.61. The number of rotatable bonds is 5. The van der Waals surface area contributed by atoms with Crippen molar-refractivity contribution in [2.24, 2.45) is 5.84 Å². The number of methoxy groups -OCH3 is 1. The molecule has 0 radical (unpaired) electrons. The number of ether oxygens (including phenoxy) is 2. The number of alkyl halides is 2. The third-order valence-corrected chi connectivity index (χ3v) is 2.04. The number of aliphatic hydroxyl groups excluding tert-OH is 1. The number of nitrogens with two attached hydrogens (primary N) is 1. The highest BCUT2D eigenvalue weighted by molar-refractivity contribution is 5.81. The molecule has 0 aliphatic heterocycles. The number of carbonyl (C=O) groups is 1. The minimum atomic E-state index is -4.12. The number of nitrogens with one attached hydrogen (secondary N) is 1. The lowest BCUT2D eigenvalue weighted by Gasteiger charge is -2.18. The Morgan fingerprint density at radius 2 is 2.17 bits per heavy atom. The first-order valence-electron chi connectivity index (χ1n) is 4.80. The summed E-state index contributed by atoms with van der Waals surface area (Å²) in [5.74, 6) is 2.44. The number of hydrazine groups is 1. The molecule has 0 aliphatic rings. The lowest BCUT2D eigenvalue weighted by Crippen LogP contribution is -2.47. The highest BCUT2D eigenvalue weighted by atomic mass is 19.3. The lowest BCUT2D eigenvalue weighted by molar-refractivity contribution is -0.193. The molecule has 6 nitrogen and oxygen atoms in total. The van der Waals surface area contributed by atoms with Gasteiger partial charge in [0, 0.05) is 0 Å². The zero-order chi connectivity index (χ0) is 13.8. The molecule has 0 aromatic heterocycles. The number of halogens is 2. The van der Waals surface area contributed by atoms with Crippen LogP contribution >= 0.6 is 0 Å². The van der Waals surface area contributed by atoms with Crippen molar-refractivity contribution >= 4 is 5.91 Å². The minimum absolute atomic E-state index is 0.0361. The number of hydrogen-bond acceptors (Lipinski definition) is 5. The molecule has 0 bridgehead atoms. The van der Waals surface area contributed by atoms with Gasteiger partial charge in [0.05, 0.1) is 13.7 Å². The molecule has 0 spiro atoms. The summed E-state index contributed by atoms with van der Waals surface area (Å²) < 4.78 is 35.4. The summed E-state index contributed by atoms with van der Waals surface area (Å²) in [5, 5.41) is 8.88. The maximum atomic E-state index is 13.2. The predicted molar refractivity (Wildman–Crippen MR) is 56.8 cm³/mol. The molecule has 4 N–H and O–H groups in total. The number of aliphatic hydroxyl groups is 1. The molecule has 1 rings (SSSR count). The molecule has 0 saturated heterocycles. The summed E-state index contributed by atoms with van der Waals surface area (Å²) in [6.45, 7) is -0.281. The summed E-state index contributed by atoms with van der Waals surface area (Å²) in [5.41, 5.74) is 1.74. The molecule has 1 aromatic rings. The normalized spacial score (nSPS) is 10.9. The van der Waals surface area contributed by atoms with E-state index in [4.69, 9.17) is 9.84 Å². The summed E-state index contributed by atoms with van der Waals surface area (Å²) in [7, 11) is 1.24. The van der Waals surface area contributed by atoms with Crippen molar-refractivity contribution < 1.29 is 28.2 Å². The van der Waals surface area contributed by atoms with Crippen LogP contribution in [0.3, 0.4) is 0 Å². The Bertz CT molecular complexity index is 440. The van der Waals surface area contributed by atoms with Gasteiger partial charge in [-0.3, -0.25) is 10.2 Å². The quantitative estimate of drug-likeness (QED) is 0.399. The van der Waals surface area contributed by atoms with Crippen LogP contribution in [0, 0.1) is 0 Å². The Labute approximate surface area is 101 Å². The second-order valence-corrected chi connectivity index (χ2v) is 3.24. The molecular formula is C10H12F2N2O4. The number of amides is 1. The number of hydrogen-bond donors (Lipinski definition) is 3. The van der Waals surface area contributed by atoms with Gasteiger partial charge in [-0.1, -0.05) is 6.07 Å². The smallest absolute Gasteiger partial charge is 0.483 e. The van der Waals surface area contributed by atoms with Gasteiger partial charge in [-0.15, -0.1) is 0 Å². The van der Waals surface area contributed by atoms with Gasteiger partial charge in [0.15, 0.2) is 11.5 Å². The van der Waals surface area contributed by atoms with E-state index in [1.807, 2.05) is 0 Å². The predicted octanol–water partition coefficient (Wildman–Crippen LogP) is 0.149. The molecule has 18 heavy (non-hydrogen) atoms. The maximum Gasteiger partial charge on any atom is 0.483 e. The van der Waals surface area contributed by atoms with Crippen LogP contribution in [-0.4, -0.2) is 24.2 Å². The Balaban J connectivity index is 3.00. The molecule has 0 atom stereocenters. The van der Waals surface area contributed by atoms with Gasteiger partial charge >= 0.3 is 12.0 Å². The minimum Gasteiger partial charge on any atom is -0.493 e. The Hall–Kier alpha value is -1.93. The van der Waals surface area contributed by atoms with Crippen molar-refractivity contribution in [1.82, 2.24) is 5.43 Å². The standard InChI is InChI=1S/C10H12F2N2O4/c1-17-8-4-6(5-15)2-3-7(8)18-10(11,12)9(16)14-13/h2-4,15H,5,13H2,1H3,(H,14,16). The van der Waals surface area contributed by atoms with Crippen molar-refractivity contribution in [2.45, 2.75) is 12.7 Å².